The van der Waals surface area contributed by atoms with Crippen LogP contribution in [0, 0.1) is 6.92 Å². The van der Waals surface area contributed by atoms with Gasteiger partial charge in [0, 0.05) is 19.3 Å². The quantitative estimate of drug-likeness (QED) is 0.434. The van der Waals surface area contributed by atoms with E-state index in [1.165, 1.54) is 11.8 Å². The molecular formula is C23H40N2O4. The molecule has 0 spiro atoms. The van der Waals surface area contributed by atoms with E-state index in [0.717, 1.165) is 29.8 Å². The number of benzene rings is 1. The van der Waals surface area contributed by atoms with Crippen LogP contribution in [0.1, 0.15) is 46.1 Å². The summed E-state index contributed by atoms with van der Waals surface area (Å²) in [4.78, 5) is 13.6. The lowest BCUT2D eigenvalue weighted by molar-refractivity contribution is 0.103. The van der Waals surface area contributed by atoms with Crippen molar-refractivity contribution in [2.24, 2.45) is 5.73 Å². The first-order chi connectivity index (χ1) is 13.8. The fourth-order valence-corrected chi connectivity index (χ4v) is 1.88. The fourth-order valence-electron chi connectivity index (χ4n) is 1.88. The van der Waals surface area contributed by atoms with Crippen molar-refractivity contribution in [2.45, 2.75) is 47.5 Å². The number of nitrogens with zero attached hydrogens (tertiary/aromatic N) is 1. The summed E-state index contributed by atoms with van der Waals surface area (Å²) >= 11 is 0. The predicted molar refractivity (Wildman–Crippen MR) is 123 cm³/mol. The third-order valence-electron chi connectivity index (χ3n) is 3.59. The molecule has 0 unspecified atom stereocenters. The minimum Gasteiger partial charge on any atom is -0.493 e. The summed E-state index contributed by atoms with van der Waals surface area (Å²) in [6, 6.07) is 5.70. The minimum atomic E-state index is -0.365. The number of hydrogen-bond donors (Lipinski definition) is 1. The van der Waals surface area contributed by atoms with E-state index in [4.69, 9.17) is 14.2 Å². The lowest BCUT2D eigenvalue weighted by Gasteiger charge is -2.21. The highest BCUT2D eigenvalue weighted by Gasteiger charge is 2.16. The van der Waals surface area contributed by atoms with E-state index in [2.05, 4.69) is 32.7 Å². The number of aryl methyl sites for hydroxylation is 1. The molecule has 0 atom stereocenters. The van der Waals surface area contributed by atoms with E-state index in [1.807, 2.05) is 39.0 Å². The van der Waals surface area contributed by atoms with Gasteiger partial charge in [0.2, 0.25) is 0 Å². The average Bonchev–Trinajstić information content (AvgIpc) is 2.69. The number of anilines is 1. The molecular weight excluding hydrogens is 368 g/mol. The van der Waals surface area contributed by atoms with Crippen molar-refractivity contribution in [1.82, 2.24) is 0 Å². The third-order valence-corrected chi connectivity index (χ3v) is 3.59. The molecule has 0 aliphatic rings. The monoisotopic (exact) mass is 408 g/mol. The number of ether oxygens (including phenoxy) is 3. The van der Waals surface area contributed by atoms with Gasteiger partial charge in [-0.2, -0.15) is 0 Å². The van der Waals surface area contributed by atoms with Crippen LogP contribution in [0.2, 0.25) is 0 Å². The number of hydrogen-bond acceptors (Lipinski definition) is 5. The van der Waals surface area contributed by atoms with Crippen LogP contribution in [0.3, 0.4) is 0 Å². The summed E-state index contributed by atoms with van der Waals surface area (Å²) in [5, 5.41) is 0. The highest BCUT2D eigenvalue weighted by atomic mass is 16.6. The molecule has 0 aliphatic heterocycles. The number of amides is 1. The summed E-state index contributed by atoms with van der Waals surface area (Å²) in [6.07, 6.45) is 2.96. The molecule has 1 aromatic rings. The first-order valence-corrected chi connectivity index (χ1v) is 9.96. The summed E-state index contributed by atoms with van der Waals surface area (Å²) in [7, 11) is 1.57. The van der Waals surface area contributed by atoms with Gasteiger partial charge in [0.1, 0.15) is 12.4 Å². The van der Waals surface area contributed by atoms with Gasteiger partial charge in [0.15, 0.2) is 0 Å². The molecule has 0 fully saturated rings. The van der Waals surface area contributed by atoms with Crippen molar-refractivity contribution < 1.29 is 19.0 Å². The Morgan fingerprint density at radius 3 is 2.21 bits per heavy atom. The van der Waals surface area contributed by atoms with Crippen molar-refractivity contribution in [3.63, 3.8) is 0 Å². The highest BCUT2D eigenvalue weighted by Crippen LogP contribution is 2.25. The number of carbonyl (C=O) groups is 1. The first kappa shape index (κ1) is 28.7. The summed E-state index contributed by atoms with van der Waals surface area (Å²) < 4.78 is 15.7. The van der Waals surface area contributed by atoms with Gasteiger partial charge in [-0.3, -0.25) is 4.90 Å². The summed E-state index contributed by atoms with van der Waals surface area (Å²) in [5.74, 6) is 0.851. The number of allylic oxidation sites excluding steroid dienone is 1. The topological polar surface area (TPSA) is 74.0 Å². The molecule has 29 heavy (non-hydrogen) atoms. The third kappa shape index (κ3) is 14.2. The maximum absolute atomic E-state index is 12.0. The van der Waals surface area contributed by atoms with Crippen LogP contribution in [0.25, 0.3) is 0 Å². The lowest BCUT2D eigenvalue weighted by atomic mass is 10.2. The van der Waals surface area contributed by atoms with Gasteiger partial charge < -0.3 is 19.9 Å². The molecule has 166 valence electrons. The molecule has 1 rings (SSSR count). The zero-order chi connectivity index (χ0) is 22.7. The predicted octanol–water partition coefficient (Wildman–Crippen LogP) is 5.45. The second-order valence-electron chi connectivity index (χ2n) is 6.20. The molecule has 0 radical (unpaired) electrons. The van der Waals surface area contributed by atoms with Crippen LogP contribution < -0.4 is 15.4 Å². The lowest BCUT2D eigenvalue weighted by Crippen LogP contribution is -2.32. The smallest absolute Gasteiger partial charge is 0.414 e. The molecule has 6 heteroatoms. The zero-order valence-corrected chi connectivity index (χ0v) is 19.1. The molecule has 0 bridgehead atoms. The van der Waals surface area contributed by atoms with Gasteiger partial charge in [-0.1, -0.05) is 26.0 Å². The van der Waals surface area contributed by atoms with E-state index in [9.17, 15) is 4.79 Å². The van der Waals surface area contributed by atoms with Crippen molar-refractivity contribution in [2.75, 3.05) is 38.4 Å². The normalized spacial score (nSPS) is 9.17. The van der Waals surface area contributed by atoms with Crippen LogP contribution in [0.5, 0.6) is 5.75 Å². The molecule has 0 saturated carbocycles. The summed E-state index contributed by atoms with van der Waals surface area (Å²) in [5.41, 5.74) is 7.68. The maximum Gasteiger partial charge on any atom is 0.414 e. The Balaban J connectivity index is 0. The minimum absolute atomic E-state index is 0.252. The van der Waals surface area contributed by atoms with Crippen LogP contribution in [-0.4, -0.2) is 39.6 Å². The first-order valence-electron chi connectivity index (χ1n) is 9.96. The van der Waals surface area contributed by atoms with Crippen LogP contribution in [0.15, 0.2) is 43.1 Å². The second kappa shape index (κ2) is 18.9. The Labute approximate surface area is 177 Å². The molecule has 2 N–H and O–H groups in total. The molecule has 0 saturated heterocycles. The number of nitrogens with two attached hydrogens (primary N) is 1. The van der Waals surface area contributed by atoms with E-state index in [1.54, 1.807) is 12.0 Å². The number of rotatable bonds is 9. The molecule has 0 aromatic heterocycles. The number of carbonyl (C=O) groups excluding carboxylic acids is 1. The van der Waals surface area contributed by atoms with Gasteiger partial charge >= 0.3 is 6.09 Å². The van der Waals surface area contributed by atoms with Gasteiger partial charge in [-0.15, -0.1) is 6.58 Å². The molecule has 1 aromatic carbocycles. The van der Waals surface area contributed by atoms with E-state index >= 15 is 0 Å². The second-order valence-corrected chi connectivity index (χ2v) is 6.20. The number of methoxy groups -OCH3 is 1. The Hall–Kier alpha value is -2.47. The van der Waals surface area contributed by atoms with E-state index in [-0.39, 0.29) is 12.7 Å². The van der Waals surface area contributed by atoms with Crippen LogP contribution in [0.4, 0.5) is 10.5 Å². The zero-order valence-electron chi connectivity index (χ0n) is 19.1. The maximum atomic E-state index is 12.0. The fraction of sp³-hybridized carbons (Fsp3) is 0.522. The Bertz CT molecular complexity index is 588. The Kier molecular flexibility index (Phi) is 18.7. The molecule has 1 amide bonds. The van der Waals surface area contributed by atoms with Crippen molar-refractivity contribution in [3.8, 4) is 5.75 Å². The van der Waals surface area contributed by atoms with Crippen molar-refractivity contribution in [3.05, 3.63) is 48.7 Å². The Morgan fingerprint density at radius 2 is 1.79 bits per heavy atom. The van der Waals surface area contributed by atoms with Crippen LogP contribution >= 0.6 is 0 Å². The summed E-state index contributed by atoms with van der Waals surface area (Å²) in [6.45, 7) is 18.8. The Morgan fingerprint density at radius 1 is 1.21 bits per heavy atom. The standard InChI is InChI=1S/C16H25NO4.C5H10.C2H5N/c1-5-9-20-15-8-7-14(12-13(15)3)17(6-2)16(18)21-11-10-19-4;1-4-5(2)3;1-2-3/h7-8,12H,5-6,9-11H2,1-4H3;2,4H2,1,3H3;2H,1,3H2. The van der Waals surface area contributed by atoms with Crippen molar-refractivity contribution in [1.29, 1.82) is 0 Å². The highest BCUT2D eigenvalue weighted by molar-refractivity contribution is 5.87. The SMILES string of the molecule is C=C(C)CC.C=CN.CCCOc1ccc(N(CC)C(=O)OCCOC)cc1C. The molecule has 6 nitrogen and oxygen atoms in total. The van der Waals surface area contributed by atoms with E-state index < -0.39 is 0 Å². The molecule has 0 heterocycles. The van der Waals surface area contributed by atoms with Gasteiger partial charge in [0.25, 0.3) is 0 Å². The van der Waals surface area contributed by atoms with Gasteiger partial charge in [0.05, 0.1) is 13.2 Å². The van der Waals surface area contributed by atoms with Crippen LogP contribution in [-0.2, 0) is 9.47 Å². The largest absolute Gasteiger partial charge is 0.493 e. The van der Waals surface area contributed by atoms with E-state index in [0.29, 0.717) is 19.8 Å². The molecule has 0 aliphatic carbocycles. The van der Waals surface area contributed by atoms with Gasteiger partial charge in [-0.05, 0) is 63.6 Å². The van der Waals surface area contributed by atoms with Crippen molar-refractivity contribution >= 4 is 11.8 Å². The average molecular weight is 409 g/mol. The van der Waals surface area contributed by atoms with Gasteiger partial charge in [-0.25, -0.2) is 4.79 Å².